The summed E-state index contributed by atoms with van der Waals surface area (Å²) >= 11 is 5.77. The maximum absolute atomic E-state index is 11.9. The second-order valence-electron chi connectivity index (χ2n) is 4.90. The topological polar surface area (TPSA) is 70.6 Å². The van der Waals surface area contributed by atoms with Crippen molar-refractivity contribution >= 4 is 29.6 Å². The van der Waals surface area contributed by atoms with Crippen LogP contribution in [0.15, 0.2) is 53.6 Å². The maximum Gasteiger partial charge on any atom is 0.259 e. The molecule has 23 heavy (non-hydrogen) atoms. The predicted molar refractivity (Wildman–Crippen MR) is 90.7 cm³/mol. The zero-order chi connectivity index (χ0) is 16.7. The Morgan fingerprint density at radius 1 is 1.17 bits per heavy atom. The molecule has 2 aromatic rings. The summed E-state index contributed by atoms with van der Waals surface area (Å²) in [4.78, 5) is 23.5. The first-order valence-electron chi connectivity index (χ1n) is 6.97. The summed E-state index contributed by atoms with van der Waals surface area (Å²) in [5.41, 5.74) is 4.65. The summed E-state index contributed by atoms with van der Waals surface area (Å²) in [5.74, 6) is -0.707. The molecule has 2 N–H and O–H groups in total. The van der Waals surface area contributed by atoms with Crippen molar-refractivity contribution in [3.8, 4) is 0 Å². The van der Waals surface area contributed by atoms with Crippen molar-refractivity contribution in [2.75, 3.05) is 6.54 Å². The fourth-order valence-corrected chi connectivity index (χ4v) is 1.94. The molecule has 2 rings (SSSR count). The van der Waals surface area contributed by atoms with E-state index in [1.807, 2.05) is 13.0 Å². The maximum atomic E-state index is 11.9. The van der Waals surface area contributed by atoms with Gasteiger partial charge < -0.3 is 5.32 Å². The Morgan fingerprint density at radius 3 is 2.61 bits per heavy atom. The summed E-state index contributed by atoms with van der Waals surface area (Å²) in [6.45, 7) is 1.75. The molecule has 118 valence electrons. The number of benzene rings is 2. The van der Waals surface area contributed by atoms with Crippen LogP contribution in [0.4, 0.5) is 0 Å². The van der Waals surface area contributed by atoms with Gasteiger partial charge in [-0.1, -0.05) is 41.4 Å². The van der Waals surface area contributed by atoms with E-state index in [0.29, 0.717) is 10.6 Å². The van der Waals surface area contributed by atoms with Crippen LogP contribution in [-0.2, 0) is 4.79 Å². The number of amides is 2. The van der Waals surface area contributed by atoms with Gasteiger partial charge in [-0.05, 0) is 36.8 Å². The van der Waals surface area contributed by atoms with E-state index < -0.39 is 5.91 Å². The Kier molecular flexibility index (Phi) is 5.88. The van der Waals surface area contributed by atoms with Gasteiger partial charge in [0.1, 0.15) is 0 Å². The second-order valence-corrected chi connectivity index (χ2v) is 5.33. The monoisotopic (exact) mass is 329 g/mol. The molecule has 0 saturated heterocycles. The molecular weight excluding hydrogens is 314 g/mol. The number of nitrogens with zero attached hydrogens (tertiary/aromatic N) is 1. The zero-order valence-electron chi connectivity index (χ0n) is 12.5. The number of carbonyl (C=O) groups excluding carboxylic acids is 2. The van der Waals surface area contributed by atoms with Crippen LogP contribution in [0.25, 0.3) is 0 Å². The van der Waals surface area contributed by atoms with E-state index in [2.05, 4.69) is 15.8 Å². The van der Waals surface area contributed by atoms with E-state index in [1.54, 1.807) is 42.5 Å². The number of hydrogen-bond acceptors (Lipinski definition) is 3. The lowest BCUT2D eigenvalue weighted by molar-refractivity contribution is -0.120. The van der Waals surface area contributed by atoms with Gasteiger partial charge in [-0.25, -0.2) is 5.43 Å². The van der Waals surface area contributed by atoms with E-state index in [-0.39, 0.29) is 12.5 Å². The molecule has 0 spiro atoms. The molecule has 0 atom stereocenters. The average molecular weight is 330 g/mol. The fourth-order valence-electron chi connectivity index (χ4n) is 1.82. The summed E-state index contributed by atoms with van der Waals surface area (Å²) < 4.78 is 0. The highest BCUT2D eigenvalue weighted by Crippen LogP contribution is 2.07. The number of aryl methyl sites for hydroxylation is 1. The molecule has 0 saturated carbocycles. The van der Waals surface area contributed by atoms with Crippen molar-refractivity contribution in [2.24, 2.45) is 5.10 Å². The molecule has 0 aliphatic heterocycles. The number of hydrazone groups is 1. The van der Waals surface area contributed by atoms with Gasteiger partial charge in [-0.3, -0.25) is 9.59 Å². The molecule has 2 amide bonds. The fraction of sp³-hybridized carbons (Fsp3) is 0.118. The Hall–Kier alpha value is -2.66. The molecule has 0 bridgehead atoms. The van der Waals surface area contributed by atoms with Gasteiger partial charge >= 0.3 is 0 Å². The van der Waals surface area contributed by atoms with E-state index in [0.717, 1.165) is 11.1 Å². The first-order valence-corrected chi connectivity index (χ1v) is 7.35. The Labute approximate surface area is 139 Å². The number of halogens is 1. The number of hydrogen-bond donors (Lipinski definition) is 2. The zero-order valence-corrected chi connectivity index (χ0v) is 13.3. The third-order valence-electron chi connectivity index (χ3n) is 2.96. The third-order valence-corrected chi connectivity index (χ3v) is 3.21. The molecular formula is C17H16ClN3O2. The quantitative estimate of drug-likeness (QED) is 0.653. The minimum Gasteiger partial charge on any atom is -0.343 e. The van der Waals surface area contributed by atoms with Gasteiger partial charge in [0.2, 0.25) is 0 Å². The van der Waals surface area contributed by atoms with E-state index in [4.69, 9.17) is 11.6 Å². The standard InChI is InChI=1S/C17H16ClN3O2/c1-12-3-2-4-14(9-12)17(23)19-11-16(22)21-20-10-13-5-7-15(18)8-6-13/h2-10H,11H2,1H3,(H,19,23)(H,21,22)/b20-10+. The van der Waals surface area contributed by atoms with Gasteiger partial charge in [0.25, 0.3) is 11.8 Å². The Morgan fingerprint density at radius 2 is 1.91 bits per heavy atom. The van der Waals surface area contributed by atoms with Crippen molar-refractivity contribution in [3.05, 3.63) is 70.2 Å². The summed E-state index contributed by atoms with van der Waals surface area (Å²) in [6.07, 6.45) is 1.50. The van der Waals surface area contributed by atoms with Crippen LogP contribution in [0.5, 0.6) is 0 Å². The van der Waals surface area contributed by atoms with Gasteiger partial charge in [0.15, 0.2) is 0 Å². The normalized spacial score (nSPS) is 10.5. The number of nitrogens with one attached hydrogen (secondary N) is 2. The lowest BCUT2D eigenvalue weighted by Crippen LogP contribution is -2.34. The van der Waals surface area contributed by atoms with Crippen molar-refractivity contribution < 1.29 is 9.59 Å². The molecule has 0 radical (unpaired) electrons. The Bertz CT molecular complexity index is 727. The van der Waals surface area contributed by atoms with E-state index in [1.165, 1.54) is 6.21 Å². The van der Waals surface area contributed by atoms with Gasteiger partial charge in [0.05, 0.1) is 12.8 Å². The van der Waals surface area contributed by atoms with Gasteiger partial charge in [0, 0.05) is 10.6 Å². The molecule has 0 heterocycles. The lowest BCUT2D eigenvalue weighted by Gasteiger charge is -2.04. The SMILES string of the molecule is Cc1cccc(C(=O)NCC(=O)N/N=C/c2ccc(Cl)cc2)c1. The minimum absolute atomic E-state index is 0.148. The molecule has 0 aliphatic rings. The van der Waals surface area contributed by atoms with Crippen LogP contribution in [0.1, 0.15) is 21.5 Å². The molecule has 0 fully saturated rings. The molecule has 0 unspecified atom stereocenters. The van der Waals surface area contributed by atoms with Crippen LogP contribution < -0.4 is 10.7 Å². The summed E-state index contributed by atoms with van der Waals surface area (Å²) in [5, 5.41) is 6.99. The smallest absolute Gasteiger partial charge is 0.259 e. The Balaban J connectivity index is 1.78. The highest BCUT2D eigenvalue weighted by atomic mass is 35.5. The first kappa shape index (κ1) is 16.7. The first-order chi connectivity index (χ1) is 11.0. The second kappa shape index (κ2) is 8.10. The average Bonchev–Trinajstić information content (AvgIpc) is 2.54. The van der Waals surface area contributed by atoms with Crippen LogP contribution >= 0.6 is 11.6 Å². The number of carbonyl (C=O) groups is 2. The van der Waals surface area contributed by atoms with Gasteiger partial charge in [-0.2, -0.15) is 5.10 Å². The third kappa shape index (κ3) is 5.56. The minimum atomic E-state index is -0.406. The number of rotatable bonds is 5. The molecule has 2 aromatic carbocycles. The van der Waals surface area contributed by atoms with E-state index in [9.17, 15) is 9.59 Å². The molecule has 0 aromatic heterocycles. The largest absolute Gasteiger partial charge is 0.343 e. The van der Waals surface area contributed by atoms with Crippen molar-refractivity contribution in [3.63, 3.8) is 0 Å². The van der Waals surface area contributed by atoms with Crippen LogP contribution in [0, 0.1) is 6.92 Å². The highest BCUT2D eigenvalue weighted by Gasteiger charge is 2.07. The molecule has 0 aliphatic carbocycles. The van der Waals surface area contributed by atoms with Crippen LogP contribution in [0.2, 0.25) is 5.02 Å². The van der Waals surface area contributed by atoms with E-state index >= 15 is 0 Å². The summed E-state index contributed by atoms with van der Waals surface area (Å²) in [6, 6.07) is 14.1. The predicted octanol–water partition coefficient (Wildman–Crippen LogP) is 2.53. The van der Waals surface area contributed by atoms with Crippen LogP contribution in [-0.4, -0.2) is 24.6 Å². The van der Waals surface area contributed by atoms with Crippen molar-refractivity contribution in [2.45, 2.75) is 6.92 Å². The van der Waals surface area contributed by atoms with Crippen LogP contribution in [0.3, 0.4) is 0 Å². The van der Waals surface area contributed by atoms with Crippen molar-refractivity contribution in [1.82, 2.24) is 10.7 Å². The molecule has 5 nitrogen and oxygen atoms in total. The summed E-state index contributed by atoms with van der Waals surface area (Å²) in [7, 11) is 0. The van der Waals surface area contributed by atoms with Gasteiger partial charge in [-0.15, -0.1) is 0 Å². The highest BCUT2D eigenvalue weighted by molar-refractivity contribution is 6.30. The van der Waals surface area contributed by atoms with Crippen molar-refractivity contribution in [1.29, 1.82) is 0 Å². The molecule has 6 heteroatoms. The lowest BCUT2D eigenvalue weighted by atomic mass is 10.1.